The number of anilines is 1. The van der Waals surface area contributed by atoms with Gasteiger partial charge in [-0.05, 0) is 43.2 Å². The molecular formula is C21H20FN3O5S2. The number of carbonyl (C=O) groups is 2. The van der Waals surface area contributed by atoms with Crippen molar-refractivity contribution in [1.82, 2.24) is 9.29 Å². The van der Waals surface area contributed by atoms with Crippen molar-refractivity contribution in [2.75, 3.05) is 25.0 Å². The van der Waals surface area contributed by atoms with Gasteiger partial charge in [0.2, 0.25) is 10.0 Å². The molecular weight excluding hydrogens is 457 g/mol. The first kappa shape index (κ1) is 22.3. The van der Waals surface area contributed by atoms with Gasteiger partial charge in [-0.3, -0.25) is 10.1 Å². The predicted octanol–water partition coefficient (Wildman–Crippen LogP) is 3.41. The van der Waals surface area contributed by atoms with E-state index in [1.54, 1.807) is 0 Å². The summed E-state index contributed by atoms with van der Waals surface area (Å²) in [4.78, 5) is 28.2. The van der Waals surface area contributed by atoms with E-state index in [9.17, 15) is 22.4 Å². The van der Waals surface area contributed by atoms with Crippen molar-refractivity contribution >= 4 is 48.6 Å². The topological polar surface area (TPSA) is 106 Å². The molecule has 0 bridgehead atoms. The van der Waals surface area contributed by atoms with E-state index >= 15 is 0 Å². The fourth-order valence-electron chi connectivity index (χ4n) is 3.37. The zero-order chi connectivity index (χ0) is 22.7. The Hall–Kier alpha value is -2.89. The van der Waals surface area contributed by atoms with E-state index < -0.39 is 39.2 Å². The van der Waals surface area contributed by atoms with Gasteiger partial charge in [-0.25, -0.2) is 22.6 Å². The second kappa shape index (κ2) is 9.31. The van der Waals surface area contributed by atoms with Crippen molar-refractivity contribution in [2.45, 2.75) is 24.2 Å². The maximum atomic E-state index is 14.3. The number of ether oxygens (including phenoxy) is 1. The molecule has 2 heterocycles. The molecule has 1 fully saturated rings. The van der Waals surface area contributed by atoms with Crippen LogP contribution < -0.4 is 5.32 Å². The van der Waals surface area contributed by atoms with Gasteiger partial charge in [-0.15, -0.1) is 0 Å². The van der Waals surface area contributed by atoms with Crippen molar-refractivity contribution < 1.29 is 27.1 Å². The number of benzene rings is 2. The molecule has 1 saturated heterocycles. The van der Waals surface area contributed by atoms with E-state index in [0.29, 0.717) is 31.1 Å². The Labute approximate surface area is 188 Å². The molecule has 32 heavy (non-hydrogen) atoms. The molecule has 0 saturated carbocycles. The van der Waals surface area contributed by atoms with Crippen LogP contribution in [0.5, 0.6) is 0 Å². The lowest BCUT2D eigenvalue weighted by molar-refractivity contribution is -0.119. The van der Waals surface area contributed by atoms with Crippen LogP contribution in [0.2, 0.25) is 0 Å². The normalized spacial score (nSPS) is 14.9. The van der Waals surface area contributed by atoms with Gasteiger partial charge in [-0.1, -0.05) is 29.9 Å². The summed E-state index contributed by atoms with van der Waals surface area (Å²) in [6.45, 7) is 0.0190. The van der Waals surface area contributed by atoms with E-state index in [4.69, 9.17) is 4.74 Å². The van der Waals surface area contributed by atoms with Crippen LogP contribution in [-0.4, -0.2) is 49.3 Å². The summed E-state index contributed by atoms with van der Waals surface area (Å²) in [6, 6.07) is 10.4. The number of rotatable bonds is 6. The standard InChI is InChI=1S/C21H20FN3O5S2/c22-15-9-8-14(12-18(15)32(28,29)25-10-4-1-5-11-25)20(27)30-13-19(26)24-21-23-16-6-2-3-7-17(16)31-21/h2-3,6-9,12H,1,4-5,10-11,13H2,(H,23,24,26). The van der Waals surface area contributed by atoms with E-state index in [0.717, 1.165) is 34.8 Å². The molecule has 1 N–H and O–H groups in total. The molecule has 168 valence electrons. The van der Waals surface area contributed by atoms with Gasteiger partial charge in [0.15, 0.2) is 11.7 Å². The molecule has 1 aromatic heterocycles. The fraction of sp³-hybridized carbons (Fsp3) is 0.286. The number of hydrogen-bond acceptors (Lipinski definition) is 7. The van der Waals surface area contributed by atoms with Gasteiger partial charge < -0.3 is 4.74 Å². The van der Waals surface area contributed by atoms with Crippen molar-refractivity contribution in [3.8, 4) is 0 Å². The van der Waals surface area contributed by atoms with Crippen LogP contribution in [0.3, 0.4) is 0 Å². The molecule has 8 nitrogen and oxygen atoms in total. The first-order valence-corrected chi connectivity index (χ1v) is 12.2. The van der Waals surface area contributed by atoms with Gasteiger partial charge >= 0.3 is 5.97 Å². The Bertz CT molecular complexity index is 1240. The Morgan fingerprint density at radius 2 is 1.88 bits per heavy atom. The number of nitrogens with one attached hydrogen (secondary N) is 1. The largest absolute Gasteiger partial charge is 0.452 e. The zero-order valence-electron chi connectivity index (χ0n) is 16.9. The van der Waals surface area contributed by atoms with E-state index in [1.165, 1.54) is 15.6 Å². The number of para-hydroxylation sites is 1. The number of fused-ring (bicyclic) bond motifs is 1. The summed E-state index contributed by atoms with van der Waals surface area (Å²) in [5.74, 6) is -2.47. The van der Waals surface area contributed by atoms with Crippen LogP contribution in [0.4, 0.5) is 9.52 Å². The maximum Gasteiger partial charge on any atom is 0.338 e. The number of aromatic nitrogens is 1. The number of hydrogen-bond donors (Lipinski definition) is 1. The van der Waals surface area contributed by atoms with Crippen LogP contribution in [0.15, 0.2) is 47.4 Å². The smallest absolute Gasteiger partial charge is 0.338 e. The van der Waals surface area contributed by atoms with Crippen LogP contribution >= 0.6 is 11.3 Å². The highest BCUT2D eigenvalue weighted by molar-refractivity contribution is 7.89. The number of carbonyl (C=O) groups excluding carboxylic acids is 2. The number of esters is 1. The third-order valence-corrected chi connectivity index (χ3v) is 7.84. The average molecular weight is 478 g/mol. The van der Waals surface area contributed by atoms with Gasteiger partial charge in [0.25, 0.3) is 5.91 Å². The minimum absolute atomic E-state index is 0.158. The molecule has 11 heteroatoms. The number of nitrogens with zero attached hydrogens (tertiary/aromatic N) is 2. The third kappa shape index (κ3) is 4.79. The molecule has 0 aliphatic carbocycles. The highest BCUT2D eigenvalue weighted by Gasteiger charge is 2.29. The first-order chi connectivity index (χ1) is 15.3. The lowest BCUT2D eigenvalue weighted by Crippen LogP contribution is -2.36. The lowest BCUT2D eigenvalue weighted by Gasteiger charge is -2.26. The molecule has 0 radical (unpaired) electrons. The minimum Gasteiger partial charge on any atom is -0.452 e. The molecule has 4 rings (SSSR count). The average Bonchev–Trinajstić information content (AvgIpc) is 3.20. The second-order valence-corrected chi connectivity index (χ2v) is 10.2. The number of amides is 1. The summed E-state index contributed by atoms with van der Waals surface area (Å²) >= 11 is 1.28. The summed E-state index contributed by atoms with van der Waals surface area (Å²) in [5, 5.41) is 2.92. The van der Waals surface area contributed by atoms with E-state index in [2.05, 4.69) is 10.3 Å². The first-order valence-electron chi connectivity index (χ1n) is 9.97. The molecule has 2 aromatic carbocycles. The maximum absolute atomic E-state index is 14.3. The number of piperidine rings is 1. The monoisotopic (exact) mass is 477 g/mol. The van der Waals surface area contributed by atoms with Crippen molar-refractivity contribution in [2.24, 2.45) is 0 Å². The number of sulfonamides is 1. The third-order valence-electron chi connectivity index (χ3n) is 4.97. The lowest BCUT2D eigenvalue weighted by atomic mass is 10.2. The van der Waals surface area contributed by atoms with E-state index in [-0.39, 0.29) is 5.56 Å². The van der Waals surface area contributed by atoms with Crippen LogP contribution in [0.25, 0.3) is 10.2 Å². The van der Waals surface area contributed by atoms with Crippen molar-refractivity contribution in [3.05, 3.63) is 53.8 Å². The van der Waals surface area contributed by atoms with E-state index in [1.807, 2.05) is 24.3 Å². The van der Waals surface area contributed by atoms with Gasteiger partial charge in [-0.2, -0.15) is 4.31 Å². The Morgan fingerprint density at radius 1 is 1.12 bits per heavy atom. The van der Waals surface area contributed by atoms with Crippen molar-refractivity contribution in [1.29, 1.82) is 0 Å². The van der Waals surface area contributed by atoms with Gasteiger partial charge in [0.1, 0.15) is 10.7 Å². The van der Waals surface area contributed by atoms with Crippen molar-refractivity contribution in [3.63, 3.8) is 0 Å². The molecule has 1 amide bonds. The molecule has 0 atom stereocenters. The quantitative estimate of drug-likeness (QED) is 0.546. The Balaban J connectivity index is 1.41. The summed E-state index contributed by atoms with van der Waals surface area (Å²) in [5.41, 5.74) is 0.577. The molecule has 1 aliphatic rings. The summed E-state index contributed by atoms with van der Waals surface area (Å²) in [6.07, 6.45) is 2.32. The minimum atomic E-state index is -4.07. The predicted molar refractivity (Wildman–Crippen MR) is 118 cm³/mol. The Morgan fingerprint density at radius 3 is 2.62 bits per heavy atom. The zero-order valence-corrected chi connectivity index (χ0v) is 18.5. The molecule has 0 unspecified atom stereocenters. The molecule has 0 spiro atoms. The highest BCUT2D eigenvalue weighted by Crippen LogP contribution is 2.26. The number of halogens is 1. The second-order valence-electron chi connectivity index (χ2n) is 7.22. The summed E-state index contributed by atoms with van der Waals surface area (Å²) in [7, 11) is -4.07. The van der Waals surface area contributed by atoms with Gasteiger partial charge in [0, 0.05) is 13.1 Å². The van der Waals surface area contributed by atoms with Crippen LogP contribution in [-0.2, 0) is 19.6 Å². The van der Waals surface area contributed by atoms with Crippen LogP contribution in [0, 0.1) is 5.82 Å². The Kier molecular flexibility index (Phi) is 6.49. The van der Waals surface area contributed by atoms with Gasteiger partial charge in [0.05, 0.1) is 15.8 Å². The SMILES string of the molecule is O=C(COC(=O)c1ccc(F)c(S(=O)(=O)N2CCCCC2)c1)Nc1nc2ccccc2s1. The van der Waals surface area contributed by atoms with Crippen LogP contribution in [0.1, 0.15) is 29.6 Å². The molecule has 3 aromatic rings. The molecule has 1 aliphatic heterocycles. The number of thiazole rings is 1. The highest BCUT2D eigenvalue weighted by atomic mass is 32.2. The summed E-state index contributed by atoms with van der Waals surface area (Å²) < 4.78 is 47.0. The fourth-order valence-corrected chi connectivity index (χ4v) is 5.86.